The molecule has 4 heterocycles. The van der Waals surface area contributed by atoms with Crippen LogP contribution in [0, 0.1) is 5.92 Å². The van der Waals surface area contributed by atoms with Gasteiger partial charge in [-0.25, -0.2) is 23.0 Å². The maximum atomic E-state index is 14.4. The number of benzene rings is 1. The van der Waals surface area contributed by atoms with Crippen molar-refractivity contribution in [2.45, 2.75) is 108 Å². The molecule has 4 aliphatic rings. The Morgan fingerprint density at radius 1 is 1.09 bits per heavy atom. The molecule has 0 unspecified atom stereocenters. The fraction of sp³-hybridized carbons (Fsp3) is 0.568. The highest BCUT2D eigenvalue weighted by molar-refractivity contribution is 7.89. The van der Waals surface area contributed by atoms with Crippen molar-refractivity contribution in [1.29, 1.82) is 0 Å². The highest BCUT2D eigenvalue weighted by Gasteiger charge is 2.61. The van der Waals surface area contributed by atoms with Gasteiger partial charge in [0.2, 0.25) is 21.8 Å². The van der Waals surface area contributed by atoms with Gasteiger partial charge in [0.15, 0.2) is 5.13 Å². The van der Waals surface area contributed by atoms with Crippen molar-refractivity contribution in [2.75, 3.05) is 24.7 Å². The Morgan fingerprint density at radius 3 is 2.58 bits per heavy atom. The molecule has 1 aromatic carbocycles. The van der Waals surface area contributed by atoms with Crippen molar-refractivity contribution in [3.05, 3.63) is 53.1 Å². The summed E-state index contributed by atoms with van der Waals surface area (Å²) in [7, 11) is -3.95. The van der Waals surface area contributed by atoms with Crippen molar-refractivity contribution in [2.24, 2.45) is 5.92 Å². The number of rotatable bonds is 6. The number of anilines is 2. The Balaban J connectivity index is 1.21. The number of nitrogens with zero attached hydrogens (tertiary/aromatic N) is 3. The minimum Gasteiger partial charge on any atom is -0.444 e. The molecule has 3 aliphatic heterocycles. The van der Waals surface area contributed by atoms with Gasteiger partial charge in [-0.1, -0.05) is 54.5 Å². The molecule has 1 aliphatic carbocycles. The van der Waals surface area contributed by atoms with Gasteiger partial charge in [-0.05, 0) is 58.6 Å². The minimum absolute atomic E-state index is 0.0858. The zero-order chi connectivity index (χ0) is 39.5. The van der Waals surface area contributed by atoms with Gasteiger partial charge >= 0.3 is 12.2 Å². The van der Waals surface area contributed by atoms with Crippen LogP contribution in [0.15, 0.2) is 42.5 Å². The summed E-state index contributed by atoms with van der Waals surface area (Å²) in [6.45, 7) is 5.60. The van der Waals surface area contributed by atoms with Gasteiger partial charge in [-0.2, -0.15) is 0 Å². The van der Waals surface area contributed by atoms with E-state index < -0.39 is 75.2 Å². The molecule has 6 rings (SSSR count). The lowest BCUT2D eigenvalue weighted by molar-refractivity contribution is -0.141. The number of ether oxygens (including phenoxy) is 2. The highest BCUT2D eigenvalue weighted by atomic mass is 32.2. The first kappa shape index (κ1) is 40.0. The van der Waals surface area contributed by atoms with Crippen LogP contribution in [0.3, 0.4) is 0 Å². The SMILES string of the molecule is CC(C)(C)OC(=O)N[C@H]1CCCCCC=C[C@@H]2C[C@@]2(C(=O)NS(C)(=O)=O)NC(=O)[C@@H]2C[C@@H](OC(=O)N3CCc4nc(Nc5ccccc5)sc4C3)CN2C1=O. The normalized spacial score (nSPS) is 25.9. The largest absolute Gasteiger partial charge is 0.444 e. The molecule has 2 aromatic rings. The number of carbonyl (C=O) groups is 5. The first-order chi connectivity index (χ1) is 26.0. The van der Waals surface area contributed by atoms with Crippen molar-refractivity contribution < 1.29 is 41.9 Å². The molecule has 298 valence electrons. The summed E-state index contributed by atoms with van der Waals surface area (Å²) in [5.41, 5.74) is -0.591. The third-order valence-electron chi connectivity index (χ3n) is 9.90. The van der Waals surface area contributed by atoms with Crippen LogP contribution in [0.25, 0.3) is 0 Å². The van der Waals surface area contributed by atoms with Crippen LogP contribution in [0.1, 0.15) is 76.3 Å². The molecule has 0 radical (unpaired) electrons. The average molecular weight is 800 g/mol. The predicted molar refractivity (Wildman–Crippen MR) is 204 cm³/mol. The molecule has 5 amide bonds. The lowest BCUT2D eigenvalue weighted by Crippen LogP contribution is -2.58. The number of hydrogen-bond acceptors (Lipinski definition) is 12. The monoisotopic (exact) mass is 799 g/mol. The number of alkyl carbamates (subject to hydrolysis) is 1. The second kappa shape index (κ2) is 16.2. The minimum atomic E-state index is -3.95. The Hall–Kier alpha value is -4.71. The van der Waals surface area contributed by atoms with E-state index in [0.717, 1.165) is 35.4 Å². The molecular weight excluding hydrogens is 751 g/mol. The molecule has 18 heteroatoms. The van der Waals surface area contributed by atoms with Gasteiger partial charge in [0.05, 0.1) is 25.0 Å². The summed E-state index contributed by atoms with van der Waals surface area (Å²) >= 11 is 1.45. The number of para-hydroxylation sites is 1. The molecule has 1 aromatic heterocycles. The molecule has 55 heavy (non-hydrogen) atoms. The summed E-state index contributed by atoms with van der Waals surface area (Å²) in [4.78, 5) is 76.9. The zero-order valence-electron chi connectivity index (χ0n) is 31.5. The summed E-state index contributed by atoms with van der Waals surface area (Å²) in [6.07, 6.45) is 5.88. The van der Waals surface area contributed by atoms with Crippen LogP contribution in [0.5, 0.6) is 0 Å². The van der Waals surface area contributed by atoms with Crippen LogP contribution in [-0.2, 0) is 46.8 Å². The van der Waals surface area contributed by atoms with E-state index in [1.54, 1.807) is 25.7 Å². The van der Waals surface area contributed by atoms with E-state index in [4.69, 9.17) is 14.5 Å². The summed E-state index contributed by atoms with van der Waals surface area (Å²) in [5, 5.41) is 9.47. The van der Waals surface area contributed by atoms with Crippen molar-refractivity contribution in [1.82, 2.24) is 30.1 Å². The van der Waals surface area contributed by atoms with E-state index in [1.807, 2.05) is 47.2 Å². The third kappa shape index (κ3) is 10.1. The first-order valence-corrected chi connectivity index (χ1v) is 21.3. The van der Waals surface area contributed by atoms with Gasteiger partial charge in [-0.3, -0.25) is 19.1 Å². The molecular formula is C37H49N7O9S2. The molecule has 0 bridgehead atoms. The number of allylic oxidation sites excluding steroid dienone is 1. The Bertz CT molecular complexity index is 1930. The molecule has 2 fully saturated rings. The van der Waals surface area contributed by atoms with Crippen LogP contribution < -0.4 is 20.7 Å². The number of hydrogen-bond donors (Lipinski definition) is 4. The van der Waals surface area contributed by atoms with Crippen molar-refractivity contribution in [3.63, 3.8) is 0 Å². The summed E-state index contributed by atoms with van der Waals surface area (Å²) < 4.78 is 37.6. The van der Waals surface area contributed by atoms with E-state index in [2.05, 4.69) is 16.0 Å². The Labute approximate surface area is 324 Å². The van der Waals surface area contributed by atoms with E-state index in [9.17, 15) is 32.4 Å². The van der Waals surface area contributed by atoms with Crippen LogP contribution >= 0.6 is 11.3 Å². The fourth-order valence-corrected chi connectivity index (χ4v) is 8.70. The van der Waals surface area contributed by atoms with Gasteiger partial charge in [0, 0.05) is 35.9 Å². The zero-order valence-corrected chi connectivity index (χ0v) is 33.1. The number of amides is 5. The molecule has 1 saturated carbocycles. The molecule has 1 saturated heterocycles. The van der Waals surface area contributed by atoms with Gasteiger partial charge < -0.3 is 35.2 Å². The highest BCUT2D eigenvalue weighted by Crippen LogP contribution is 2.45. The first-order valence-electron chi connectivity index (χ1n) is 18.6. The molecule has 5 atom stereocenters. The van der Waals surface area contributed by atoms with E-state index in [-0.39, 0.29) is 32.4 Å². The topological polar surface area (TPSA) is 205 Å². The van der Waals surface area contributed by atoms with Gasteiger partial charge in [0.1, 0.15) is 29.3 Å². The van der Waals surface area contributed by atoms with Crippen molar-refractivity contribution >= 4 is 62.1 Å². The lowest BCUT2D eigenvalue weighted by Gasteiger charge is -2.30. The Kier molecular flexibility index (Phi) is 11.8. The average Bonchev–Trinajstić information content (AvgIpc) is 3.40. The van der Waals surface area contributed by atoms with E-state index in [1.165, 1.54) is 16.2 Å². The molecule has 0 spiro atoms. The van der Waals surface area contributed by atoms with Gasteiger partial charge in [-0.15, -0.1) is 0 Å². The standard InChI is InChI=1S/C37H49N7O9S2/c1-36(2,3)53-34(48)40-27-16-12-7-5-6-9-13-23-20-37(23,32(47)42-55(4,50)51)41-30(45)28-19-25(21-44(28)31(27)46)52-35(49)43-18-17-26-29(22-43)54-33(39-26)38-24-14-10-8-11-15-24/h8-11,13-15,23,25,27-28H,5-7,12,16-22H2,1-4H3,(H,38,39)(H,40,48)(H,41,45)(H,42,47)/t23-,25-,27+,28+,37-/m1/s1. The maximum absolute atomic E-state index is 14.4. The summed E-state index contributed by atoms with van der Waals surface area (Å²) in [6, 6.07) is 7.38. The maximum Gasteiger partial charge on any atom is 0.410 e. The predicted octanol–water partition coefficient (Wildman–Crippen LogP) is 3.72. The van der Waals surface area contributed by atoms with E-state index in [0.29, 0.717) is 30.9 Å². The third-order valence-corrected chi connectivity index (χ3v) is 11.4. The fourth-order valence-electron chi connectivity index (χ4n) is 7.14. The number of aromatic nitrogens is 1. The van der Waals surface area contributed by atoms with Crippen LogP contribution in [0.4, 0.5) is 20.4 Å². The second-order valence-electron chi connectivity index (χ2n) is 15.5. The van der Waals surface area contributed by atoms with E-state index >= 15 is 0 Å². The van der Waals surface area contributed by atoms with Crippen LogP contribution in [-0.4, -0.2) is 102 Å². The number of carbonyl (C=O) groups excluding carboxylic acids is 5. The molecule has 16 nitrogen and oxygen atoms in total. The van der Waals surface area contributed by atoms with Crippen molar-refractivity contribution in [3.8, 4) is 0 Å². The smallest absolute Gasteiger partial charge is 0.410 e. The summed E-state index contributed by atoms with van der Waals surface area (Å²) in [5.74, 6) is -2.61. The Morgan fingerprint density at radius 2 is 1.85 bits per heavy atom. The van der Waals surface area contributed by atoms with Crippen LogP contribution in [0.2, 0.25) is 0 Å². The number of sulfonamides is 1. The number of nitrogens with one attached hydrogen (secondary N) is 4. The lowest BCUT2D eigenvalue weighted by atomic mass is 10.0. The second-order valence-corrected chi connectivity index (χ2v) is 18.4. The number of fused-ring (bicyclic) bond motifs is 3. The quantitative estimate of drug-likeness (QED) is 0.310. The van der Waals surface area contributed by atoms with Gasteiger partial charge in [0.25, 0.3) is 5.91 Å². The molecule has 4 N–H and O–H groups in total. The number of thiazole rings is 1.